The lowest BCUT2D eigenvalue weighted by Gasteiger charge is -2.32. The normalized spacial score (nSPS) is 26.6. The smallest absolute Gasteiger partial charge is 0.0486 e. The van der Waals surface area contributed by atoms with Crippen molar-refractivity contribution in [3.05, 3.63) is 34.4 Å². The Kier molecular flexibility index (Phi) is 8.15. The van der Waals surface area contributed by atoms with Crippen LogP contribution in [-0.2, 0) is 0 Å². The number of aromatic nitrogens is 1. The zero-order valence-corrected chi connectivity index (χ0v) is 22.0. The molecule has 1 aromatic carbocycles. The molecule has 0 bridgehead atoms. The molecule has 3 fully saturated rings. The van der Waals surface area contributed by atoms with Gasteiger partial charge in [-0.1, -0.05) is 54.5 Å². The second-order valence-electron chi connectivity index (χ2n) is 11.3. The largest absolute Gasteiger partial charge is 0.344 e. The zero-order chi connectivity index (χ0) is 22.6. The van der Waals surface area contributed by atoms with Crippen molar-refractivity contribution in [3.63, 3.8) is 0 Å². The molecule has 33 heavy (non-hydrogen) atoms. The van der Waals surface area contributed by atoms with E-state index in [0.717, 1.165) is 12.5 Å². The van der Waals surface area contributed by atoms with Gasteiger partial charge in [0.25, 0.3) is 0 Å². The van der Waals surface area contributed by atoms with Crippen LogP contribution in [0.2, 0.25) is 0 Å². The van der Waals surface area contributed by atoms with E-state index >= 15 is 0 Å². The summed E-state index contributed by atoms with van der Waals surface area (Å²) < 4.78 is 3.90. The molecule has 0 saturated heterocycles. The molecule has 5 rings (SSSR count). The molecule has 1 atom stereocenters. The van der Waals surface area contributed by atoms with Crippen LogP contribution in [-0.4, -0.2) is 23.2 Å². The molecular weight excluding hydrogens is 470 g/mol. The first-order valence-electron chi connectivity index (χ1n) is 14.0. The summed E-state index contributed by atoms with van der Waals surface area (Å²) in [4.78, 5) is 0. The summed E-state index contributed by atoms with van der Waals surface area (Å²) in [5.41, 5.74) is 9.25. The van der Waals surface area contributed by atoms with E-state index < -0.39 is 0 Å². The van der Waals surface area contributed by atoms with Crippen molar-refractivity contribution in [1.82, 2.24) is 9.88 Å². The monoisotopic (exact) mass is 513 g/mol. The van der Waals surface area contributed by atoms with Crippen LogP contribution in [0.25, 0.3) is 10.9 Å². The highest BCUT2D eigenvalue weighted by molar-refractivity contribution is 9.10. The van der Waals surface area contributed by atoms with E-state index in [1.807, 2.05) is 0 Å². The number of rotatable bonds is 7. The molecule has 0 aliphatic heterocycles. The third-order valence-corrected chi connectivity index (χ3v) is 9.57. The molecule has 3 nitrogen and oxygen atoms in total. The lowest BCUT2D eigenvalue weighted by Crippen LogP contribution is -2.38. The average Bonchev–Trinajstić information content (AvgIpc) is 3.22. The SMILES string of the molecule is NC1CCC(NCCC(c2cn(C3CCCCC3)c3ccc(Br)cc23)C2CCCCC2)CC1. The van der Waals surface area contributed by atoms with E-state index in [-0.39, 0.29) is 0 Å². The highest BCUT2D eigenvalue weighted by atomic mass is 79.9. The first-order valence-corrected chi connectivity index (χ1v) is 14.8. The van der Waals surface area contributed by atoms with Gasteiger partial charge in [0.2, 0.25) is 0 Å². The Hall–Kier alpha value is -0.840. The molecular formula is C29H44BrN3. The molecule has 2 aromatic rings. The van der Waals surface area contributed by atoms with E-state index in [1.54, 1.807) is 5.56 Å². The Balaban J connectivity index is 1.41. The Bertz CT molecular complexity index is 886. The van der Waals surface area contributed by atoms with Crippen molar-refractivity contribution in [2.45, 2.75) is 120 Å². The number of nitrogens with zero attached hydrogens (tertiary/aromatic N) is 1. The van der Waals surface area contributed by atoms with Gasteiger partial charge in [-0.05, 0) is 99.9 Å². The van der Waals surface area contributed by atoms with Crippen molar-refractivity contribution in [2.75, 3.05) is 6.54 Å². The van der Waals surface area contributed by atoms with Gasteiger partial charge in [0.15, 0.2) is 0 Å². The number of hydrogen-bond donors (Lipinski definition) is 2. The average molecular weight is 515 g/mol. The molecule has 0 radical (unpaired) electrons. The number of nitrogens with two attached hydrogens (primary N) is 1. The van der Waals surface area contributed by atoms with E-state index in [2.05, 4.69) is 50.2 Å². The number of fused-ring (bicyclic) bond motifs is 1. The van der Waals surface area contributed by atoms with Crippen molar-refractivity contribution >= 4 is 26.8 Å². The summed E-state index contributed by atoms with van der Waals surface area (Å²) in [6.07, 6.45) is 22.7. The summed E-state index contributed by atoms with van der Waals surface area (Å²) in [5, 5.41) is 5.45. The van der Waals surface area contributed by atoms with Gasteiger partial charge in [0, 0.05) is 39.7 Å². The second kappa shape index (κ2) is 11.3. The number of benzene rings is 1. The molecule has 1 unspecified atom stereocenters. The van der Waals surface area contributed by atoms with E-state index in [1.165, 1.54) is 112 Å². The van der Waals surface area contributed by atoms with E-state index in [9.17, 15) is 0 Å². The summed E-state index contributed by atoms with van der Waals surface area (Å²) in [6.45, 7) is 1.14. The minimum absolute atomic E-state index is 0.433. The Labute approximate surface area is 209 Å². The molecule has 182 valence electrons. The fourth-order valence-corrected chi connectivity index (χ4v) is 7.52. The fraction of sp³-hybridized carbons (Fsp3) is 0.724. The minimum Gasteiger partial charge on any atom is -0.344 e. The van der Waals surface area contributed by atoms with Crippen LogP contribution >= 0.6 is 15.9 Å². The number of halogens is 1. The maximum atomic E-state index is 6.14. The molecule has 1 aromatic heterocycles. The fourth-order valence-electron chi connectivity index (χ4n) is 7.16. The van der Waals surface area contributed by atoms with Crippen LogP contribution in [0, 0.1) is 5.92 Å². The van der Waals surface area contributed by atoms with Crippen molar-refractivity contribution in [2.24, 2.45) is 11.7 Å². The van der Waals surface area contributed by atoms with E-state index in [4.69, 9.17) is 5.73 Å². The quantitative estimate of drug-likeness (QED) is 0.396. The van der Waals surface area contributed by atoms with Gasteiger partial charge in [0.05, 0.1) is 0 Å². The summed E-state index contributed by atoms with van der Waals surface area (Å²) >= 11 is 3.79. The molecule has 4 heteroatoms. The molecule has 1 heterocycles. The lowest BCUT2D eigenvalue weighted by molar-refractivity contribution is 0.282. The molecule has 0 spiro atoms. The van der Waals surface area contributed by atoms with Gasteiger partial charge in [-0.2, -0.15) is 0 Å². The zero-order valence-electron chi connectivity index (χ0n) is 20.4. The van der Waals surface area contributed by atoms with Gasteiger partial charge in [-0.15, -0.1) is 0 Å². The standard InChI is InChI=1S/C29H44BrN3/c30-22-11-16-29-27(19-22)28(20-33(29)25-9-5-2-6-10-25)26(21-7-3-1-4-8-21)17-18-32-24-14-12-23(31)13-15-24/h11,16,19-21,23-26,32H,1-10,12-15,17-18,31H2. The van der Waals surface area contributed by atoms with Crippen molar-refractivity contribution in [1.29, 1.82) is 0 Å². The molecule has 3 aliphatic carbocycles. The van der Waals surface area contributed by atoms with Crippen LogP contribution in [0.5, 0.6) is 0 Å². The highest BCUT2D eigenvalue weighted by Gasteiger charge is 2.29. The Morgan fingerprint density at radius 3 is 2.33 bits per heavy atom. The van der Waals surface area contributed by atoms with Crippen LogP contribution in [0.4, 0.5) is 0 Å². The third kappa shape index (κ3) is 5.70. The Morgan fingerprint density at radius 2 is 1.61 bits per heavy atom. The van der Waals surface area contributed by atoms with Crippen LogP contribution in [0.15, 0.2) is 28.9 Å². The first-order chi connectivity index (χ1) is 16.2. The van der Waals surface area contributed by atoms with Gasteiger partial charge in [-0.3, -0.25) is 0 Å². The summed E-state index contributed by atoms with van der Waals surface area (Å²) in [5.74, 6) is 1.51. The minimum atomic E-state index is 0.433. The van der Waals surface area contributed by atoms with Crippen molar-refractivity contribution < 1.29 is 0 Å². The highest BCUT2D eigenvalue weighted by Crippen LogP contribution is 2.43. The number of hydrogen-bond acceptors (Lipinski definition) is 2. The summed E-state index contributed by atoms with van der Waals surface area (Å²) in [6, 6.07) is 8.83. The van der Waals surface area contributed by atoms with Crippen LogP contribution in [0.1, 0.15) is 114 Å². The molecule has 3 aliphatic rings. The van der Waals surface area contributed by atoms with Crippen LogP contribution < -0.4 is 11.1 Å². The lowest BCUT2D eigenvalue weighted by atomic mass is 9.75. The van der Waals surface area contributed by atoms with E-state index in [0.29, 0.717) is 24.0 Å². The number of nitrogens with one attached hydrogen (secondary N) is 1. The van der Waals surface area contributed by atoms with Gasteiger partial charge < -0.3 is 15.6 Å². The van der Waals surface area contributed by atoms with Crippen molar-refractivity contribution in [3.8, 4) is 0 Å². The Morgan fingerprint density at radius 1 is 0.909 bits per heavy atom. The predicted molar refractivity (Wildman–Crippen MR) is 144 cm³/mol. The maximum absolute atomic E-state index is 6.14. The topological polar surface area (TPSA) is 43.0 Å². The van der Waals surface area contributed by atoms with Gasteiger partial charge in [-0.25, -0.2) is 0 Å². The second-order valence-corrected chi connectivity index (χ2v) is 12.2. The predicted octanol–water partition coefficient (Wildman–Crippen LogP) is 7.82. The third-order valence-electron chi connectivity index (χ3n) is 9.07. The first kappa shape index (κ1) is 23.9. The molecule has 3 N–H and O–H groups in total. The van der Waals surface area contributed by atoms with Gasteiger partial charge >= 0.3 is 0 Å². The maximum Gasteiger partial charge on any atom is 0.0486 e. The molecule has 3 saturated carbocycles. The molecule has 0 amide bonds. The van der Waals surface area contributed by atoms with Gasteiger partial charge in [0.1, 0.15) is 0 Å². The summed E-state index contributed by atoms with van der Waals surface area (Å²) in [7, 11) is 0. The van der Waals surface area contributed by atoms with Crippen LogP contribution in [0.3, 0.4) is 0 Å².